The number of carbonyl (C=O) groups is 5. The van der Waals surface area contributed by atoms with Crippen molar-refractivity contribution in [1.29, 1.82) is 0 Å². The summed E-state index contributed by atoms with van der Waals surface area (Å²) in [7, 11) is 6.63. The zero-order chi connectivity index (χ0) is 39.9. The number of carbonyl (C=O) groups excluding carboxylic acids is 5. The summed E-state index contributed by atoms with van der Waals surface area (Å²) in [5, 5.41) is 8.99. The first kappa shape index (κ1) is 45.1. The third-order valence-corrected chi connectivity index (χ3v) is 8.95. The van der Waals surface area contributed by atoms with Gasteiger partial charge in [-0.25, -0.2) is 0 Å². The van der Waals surface area contributed by atoms with E-state index in [1.807, 2.05) is 43.6 Å². The first-order valence-electron chi connectivity index (χ1n) is 17.6. The molecule has 2 amide bonds. The zero-order valence-electron chi connectivity index (χ0n) is 31.9. The van der Waals surface area contributed by atoms with E-state index in [9.17, 15) is 19.2 Å². The Kier molecular flexibility index (Phi) is 20.9. The Morgan fingerprint density at radius 1 is 1.04 bits per heavy atom. The number of rotatable bonds is 18. The van der Waals surface area contributed by atoms with Crippen LogP contribution in [0.3, 0.4) is 0 Å². The SMILES string of the molecule is CCCCCC(=O)NCC=O.CNC(C)C(=O)Nc1cc(CBr)cc(COc2cc(N=CC3Cc4ccccc4N3C)c(C=O)cc2OC)c1.COC=O. The Balaban J connectivity index is 0.000000567. The lowest BCUT2D eigenvalue weighted by molar-refractivity contribution is -0.126. The maximum absolute atomic E-state index is 12.4. The number of anilines is 2. The van der Waals surface area contributed by atoms with Gasteiger partial charge >= 0.3 is 0 Å². The summed E-state index contributed by atoms with van der Waals surface area (Å²) in [4.78, 5) is 60.7. The number of para-hydroxylation sites is 1. The highest BCUT2D eigenvalue weighted by atomic mass is 79.9. The molecule has 0 aromatic heterocycles. The number of hydrogen-bond acceptors (Lipinski definition) is 11. The van der Waals surface area contributed by atoms with Crippen LogP contribution in [0.25, 0.3) is 0 Å². The summed E-state index contributed by atoms with van der Waals surface area (Å²) >= 11 is 3.50. The summed E-state index contributed by atoms with van der Waals surface area (Å²) in [6.07, 6.45) is 7.84. The molecule has 0 saturated carbocycles. The topological polar surface area (TPSA) is 165 Å². The molecule has 1 aliphatic heterocycles. The van der Waals surface area contributed by atoms with Crippen LogP contribution in [-0.4, -0.2) is 84.0 Å². The van der Waals surface area contributed by atoms with Crippen molar-refractivity contribution < 1.29 is 38.2 Å². The largest absolute Gasteiger partial charge is 0.493 e. The monoisotopic (exact) mass is 809 g/mol. The third-order valence-electron chi connectivity index (χ3n) is 8.30. The van der Waals surface area contributed by atoms with Crippen LogP contribution in [0.15, 0.2) is 59.6 Å². The van der Waals surface area contributed by atoms with Crippen molar-refractivity contribution >= 4 is 70.1 Å². The van der Waals surface area contributed by atoms with Crippen LogP contribution < -0.4 is 30.3 Å². The number of amides is 2. The number of alkyl halides is 1. The van der Waals surface area contributed by atoms with Gasteiger partial charge in [-0.3, -0.25) is 24.2 Å². The Bertz CT molecular complexity index is 1700. The molecule has 0 fully saturated rings. The first-order chi connectivity index (χ1) is 26.1. The van der Waals surface area contributed by atoms with Crippen LogP contribution >= 0.6 is 15.9 Å². The second-order valence-electron chi connectivity index (χ2n) is 12.2. The Labute approximate surface area is 326 Å². The van der Waals surface area contributed by atoms with E-state index in [0.29, 0.717) is 52.9 Å². The minimum atomic E-state index is -0.324. The summed E-state index contributed by atoms with van der Waals surface area (Å²) in [6, 6.07) is 17.2. The van der Waals surface area contributed by atoms with Gasteiger partial charge in [0.15, 0.2) is 17.8 Å². The molecule has 292 valence electrons. The maximum Gasteiger partial charge on any atom is 0.292 e. The Morgan fingerprint density at radius 3 is 2.37 bits per heavy atom. The van der Waals surface area contributed by atoms with Crippen molar-refractivity contribution in [3.05, 3.63) is 76.9 Å². The van der Waals surface area contributed by atoms with Crippen molar-refractivity contribution in [2.75, 3.05) is 45.1 Å². The quantitative estimate of drug-likeness (QED) is 0.0605. The van der Waals surface area contributed by atoms with Crippen LogP contribution in [0.4, 0.5) is 17.1 Å². The molecule has 0 bridgehead atoms. The molecule has 2 unspecified atom stereocenters. The van der Waals surface area contributed by atoms with Gasteiger partial charge in [-0.2, -0.15) is 0 Å². The number of benzene rings is 3. The molecule has 0 aliphatic carbocycles. The van der Waals surface area contributed by atoms with Crippen LogP contribution in [-0.2, 0) is 42.3 Å². The van der Waals surface area contributed by atoms with E-state index in [2.05, 4.69) is 65.6 Å². The molecule has 54 heavy (non-hydrogen) atoms. The minimum Gasteiger partial charge on any atom is -0.493 e. The number of aldehydes is 2. The summed E-state index contributed by atoms with van der Waals surface area (Å²) in [5.41, 5.74) is 5.94. The molecule has 0 radical (unpaired) electrons. The fraction of sp³-hybridized carbons (Fsp3) is 0.400. The fourth-order valence-electron chi connectivity index (χ4n) is 5.25. The minimum absolute atomic E-state index is 0.0226. The molecule has 13 nitrogen and oxygen atoms in total. The number of methoxy groups -OCH3 is 2. The van der Waals surface area contributed by atoms with E-state index in [1.165, 1.54) is 25.5 Å². The average Bonchev–Trinajstić information content (AvgIpc) is 3.52. The highest BCUT2D eigenvalue weighted by Crippen LogP contribution is 2.36. The number of hydrogen-bond donors (Lipinski definition) is 3. The maximum atomic E-state index is 12.4. The lowest BCUT2D eigenvalue weighted by Crippen LogP contribution is -2.35. The molecule has 4 rings (SSSR count). The number of aliphatic imine (C=N–C) groups is 1. The van der Waals surface area contributed by atoms with Crippen LogP contribution in [0.2, 0.25) is 0 Å². The molecule has 2 atom stereocenters. The standard InChI is InChI=1S/C30H33BrN4O4.C8H15NO2.C2H4O2/c1-19(32-2)30(37)34-24-10-20(15-31)9-21(11-24)18-39-29-14-26(23(17-36)13-28(29)38-4)33-16-25-12-22-7-5-6-8-27(22)35(25)3;1-2-3-4-5-8(11)9-6-7-10;1-4-2-3/h5-11,13-14,16-17,19,25,32H,12,15,18H2,1-4H3,(H,34,37);7H,2-6H2,1H3,(H,9,11);2H,1H3. The molecular formula is C40H52BrN5O8. The number of nitrogens with one attached hydrogen (secondary N) is 3. The van der Waals surface area contributed by atoms with Crippen LogP contribution in [0.1, 0.15) is 66.6 Å². The summed E-state index contributed by atoms with van der Waals surface area (Å²) < 4.78 is 15.5. The van der Waals surface area contributed by atoms with Crippen LogP contribution in [0, 0.1) is 0 Å². The molecule has 14 heteroatoms. The van der Waals surface area contributed by atoms with Gasteiger partial charge < -0.3 is 39.9 Å². The lowest BCUT2D eigenvalue weighted by Gasteiger charge is -2.19. The molecule has 0 spiro atoms. The van der Waals surface area contributed by atoms with Gasteiger partial charge in [0.05, 0.1) is 38.5 Å². The predicted octanol–water partition coefficient (Wildman–Crippen LogP) is 5.96. The molecular weight excluding hydrogens is 758 g/mol. The number of ether oxygens (including phenoxy) is 3. The van der Waals surface area contributed by atoms with Gasteiger partial charge in [0.2, 0.25) is 11.8 Å². The first-order valence-corrected chi connectivity index (χ1v) is 18.7. The highest BCUT2D eigenvalue weighted by molar-refractivity contribution is 9.08. The third kappa shape index (κ3) is 14.7. The number of nitrogens with zero attached hydrogens (tertiary/aromatic N) is 2. The number of fused-ring (bicyclic) bond motifs is 1. The Morgan fingerprint density at radius 2 is 1.76 bits per heavy atom. The van der Waals surface area contributed by atoms with Gasteiger partial charge in [0.25, 0.3) is 6.47 Å². The molecule has 3 N–H and O–H groups in total. The van der Waals surface area contributed by atoms with E-state index in [1.54, 1.807) is 26.1 Å². The fourth-order valence-corrected chi connectivity index (χ4v) is 5.57. The van der Waals surface area contributed by atoms with Crippen molar-refractivity contribution in [2.24, 2.45) is 4.99 Å². The molecule has 3 aromatic carbocycles. The van der Waals surface area contributed by atoms with Gasteiger partial charge in [0, 0.05) is 48.0 Å². The lowest BCUT2D eigenvalue weighted by atomic mass is 10.1. The van der Waals surface area contributed by atoms with Gasteiger partial charge in [-0.1, -0.05) is 60.0 Å². The van der Waals surface area contributed by atoms with Gasteiger partial charge in [-0.15, -0.1) is 0 Å². The van der Waals surface area contributed by atoms with E-state index < -0.39 is 0 Å². The van der Waals surface area contributed by atoms with E-state index in [0.717, 1.165) is 43.1 Å². The van der Waals surface area contributed by atoms with Crippen molar-refractivity contribution in [3.63, 3.8) is 0 Å². The van der Waals surface area contributed by atoms with Gasteiger partial charge in [-0.05, 0) is 67.8 Å². The normalized spacial score (nSPS) is 13.2. The Hall–Kier alpha value is -5.08. The van der Waals surface area contributed by atoms with Gasteiger partial charge in [0.1, 0.15) is 12.9 Å². The highest BCUT2D eigenvalue weighted by Gasteiger charge is 2.24. The molecule has 1 heterocycles. The number of unbranched alkanes of at least 4 members (excludes halogenated alkanes) is 2. The average molecular weight is 811 g/mol. The smallest absolute Gasteiger partial charge is 0.292 e. The predicted molar refractivity (Wildman–Crippen MR) is 216 cm³/mol. The second-order valence-corrected chi connectivity index (χ2v) is 12.7. The number of halogens is 1. The van der Waals surface area contributed by atoms with Crippen LogP contribution in [0.5, 0.6) is 11.5 Å². The van der Waals surface area contributed by atoms with Crippen molar-refractivity contribution in [2.45, 2.75) is 70.0 Å². The molecule has 3 aromatic rings. The number of likely N-dealkylation sites (N-methyl/N-ethyl adjacent to an activating group) is 2. The zero-order valence-corrected chi connectivity index (χ0v) is 33.4. The molecule has 1 aliphatic rings. The summed E-state index contributed by atoms with van der Waals surface area (Å²) in [6.45, 7) is 4.63. The van der Waals surface area contributed by atoms with E-state index >= 15 is 0 Å². The van der Waals surface area contributed by atoms with E-state index in [-0.39, 0.29) is 37.0 Å². The van der Waals surface area contributed by atoms with Crippen molar-refractivity contribution in [1.82, 2.24) is 10.6 Å². The molecule has 0 saturated heterocycles. The van der Waals surface area contributed by atoms with Crippen molar-refractivity contribution in [3.8, 4) is 11.5 Å². The summed E-state index contributed by atoms with van der Waals surface area (Å²) in [5.74, 6) is 0.762. The van der Waals surface area contributed by atoms with E-state index in [4.69, 9.17) is 14.3 Å². The second kappa shape index (κ2) is 25.0.